The molecule has 0 bridgehead atoms. The largest absolute Gasteiger partial charge is 0.458 e. The van der Waals surface area contributed by atoms with E-state index in [1.807, 2.05) is 0 Å². The fraction of sp³-hybridized carbons (Fsp3) is 0.111. The zero-order valence-corrected chi connectivity index (χ0v) is 13.3. The maximum absolute atomic E-state index is 12.1. The molecule has 0 saturated carbocycles. The van der Waals surface area contributed by atoms with Crippen LogP contribution in [-0.4, -0.2) is 37.1 Å². The SMILES string of the molecule is O=C1OCCOC(=O)c2ccccc2C(=O)OOC(=O)c2ccccc21. The summed E-state index contributed by atoms with van der Waals surface area (Å²) in [4.78, 5) is 57.5. The Labute approximate surface area is 147 Å². The van der Waals surface area contributed by atoms with Crippen LogP contribution in [0.5, 0.6) is 0 Å². The van der Waals surface area contributed by atoms with Gasteiger partial charge in [0.15, 0.2) is 0 Å². The molecular formula is C18H12O8. The highest BCUT2D eigenvalue weighted by Gasteiger charge is 2.25. The van der Waals surface area contributed by atoms with Gasteiger partial charge >= 0.3 is 23.9 Å². The van der Waals surface area contributed by atoms with E-state index in [1.54, 1.807) is 0 Å². The van der Waals surface area contributed by atoms with Gasteiger partial charge in [0.1, 0.15) is 13.2 Å². The van der Waals surface area contributed by atoms with E-state index in [1.165, 1.54) is 48.5 Å². The standard InChI is InChI=1S/C18H12O8/c19-15-11-5-1-3-7-13(11)17(21)25-26-18(22)14-8-4-2-6-12(14)16(20)24-10-9-23-15/h1-8H,9-10H2. The molecule has 0 aromatic heterocycles. The zero-order valence-electron chi connectivity index (χ0n) is 13.3. The summed E-state index contributed by atoms with van der Waals surface area (Å²) in [6, 6.07) is 11.4. The van der Waals surface area contributed by atoms with Crippen LogP contribution in [0.4, 0.5) is 0 Å². The summed E-state index contributed by atoms with van der Waals surface area (Å²) in [6.45, 7) is -0.443. The molecule has 0 spiro atoms. The number of rotatable bonds is 0. The van der Waals surface area contributed by atoms with Crippen molar-refractivity contribution in [1.82, 2.24) is 0 Å². The maximum atomic E-state index is 12.1. The molecule has 0 saturated heterocycles. The van der Waals surface area contributed by atoms with E-state index in [2.05, 4.69) is 9.78 Å². The molecule has 0 atom stereocenters. The summed E-state index contributed by atoms with van der Waals surface area (Å²) in [6.07, 6.45) is 0. The van der Waals surface area contributed by atoms with Gasteiger partial charge in [0.2, 0.25) is 0 Å². The molecule has 1 aliphatic rings. The Morgan fingerprint density at radius 3 is 1.15 bits per heavy atom. The second-order valence-corrected chi connectivity index (χ2v) is 5.10. The quantitative estimate of drug-likeness (QED) is 0.521. The third-order valence-corrected chi connectivity index (χ3v) is 3.48. The van der Waals surface area contributed by atoms with Gasteiger partial charge in [0.25, 0.3) is 0 Å². The minimum Gasteiger partial charge on any atom is -0.458 e. The van der Waals surface area contributed by atoms with Gasteiger partial charge in [-0.05, 0) is 24.3 Å². The van der Waals surface area contributed by atoms with Gasteiger partial charge in [-0.25, -0.2) is 29.0 Å². The number of hydrogen-bond donors (Lipinski definition) is 0. The van der Waals surface area contributed by atoms with Crippen LogP contribution in [0.2, 0.25) is 0 Å². The molecule has 8 nitrogen and oxygen atoms in total. The molecule has 8 heteroatoms. The summed E-state index contributed by atoms with van der Waals surface area (Å²) in [5.74, 6) is -3.72. The van der Waals surface area contributed by atoms with Crippen molar-refractivity contribution in [2.45, 2.75) is 0 Å². The summed E-state index contributed by atoms with van der Waals surface area (Å²) in [5.41, 5.74) is -0.407. The fourth-order valence-corrected chi connectivity index (χ4v) is 2.27. The van der Waals surface area contributed by atoms with Crippen LogP contribution in [0.1, 0.15) is 41.4 Å². The highest BCUT2D eigenvalue weighted by atomic mass is 17.2. The fourth-order valence-electron chi connectivity index (χ4n) is 2.27. The molecule has 0 N–H and O–H groups in total. The molecule has 26 heavy (non-hydrogen) atoms. The zero-order chi connectivity index (χ0) is 18.5. The second-order valence-electron chi connectivity index (χ2n) is 5.10. The minimum atomic E-state index is -1.05. The van der Waals surface area contributed by atoms with Gasteiger partial charge in [-0.2, -0.15) is 0 Å². The molecule has 2 aromatic carbocycles. The van der Waals surface area contributed by atoms with Crippen LogP contribution in [0.25, 0.3) is 0 Å². The van der Waals surface area contributed by atoms with E-state index in [0.29, 0.717) is 0 Å². The topological polar surface area (TPSA) is 105 Å². The lowest BCUT2D eigenvalue weighted by Crippen LogP contribution is -2.21. The van der Waals surface area contributed by atoms with Gasteiger partial charge in [-0.1, -0.05) is 24.3 Å². The lowest BCUT2D eigenvalue weighted by atomic mass is 10.1. The highest BCUT2D eigenvalue weighted by Crippen LogP contribution is 2.16. The van der Waals surface area contributed by atoms with E-state index in [0.717, 1.165) is 0 Å². The second kappa shape index (κ2) is 7.47. The Kier molecular flexibility index (Phi) is 4.93. The maximum Gasteiger partial charge on any atom is 0.387 e. The first-order chi connectivity index (χ1) is 12.6. The Balaban J connectivity index is 1.94. The Bertz CT molecular complexity index is 813. The van der Waals surface area contributed by atoms with Crippen LogP contribution in [-0.2, 0) is 19.2 Å². The average molecular weight is 356 g/mol. The van der Waals surface area contributed by atoms with E-state index in [-0.39, 0.29) is 35.5 Å². The van der Waals surface area contributed by atoms with Crippen molar-refractivity contribution < 1.29 is 38.4 Å². The predicted octanol–water partition coefficient (Wildman–Crippen LogP) is 1.94. The number of carbonyl (C=O) groups excluding carboxylic acids is 4. The average Bonchev–Trinajstić information content (AvgIpc) is 2.68. The molecule has 132 valence electrons. The molecule has 0 radical (unpaired) electrons. The van der Waals surface area contributed by atoms with Crippen LogP contribution in [0.3, 0.4) is 0 Å². The molecule has 0 aliphatic carbocycles. The van der Waals surface area contributed by atoms with Crippen LogP contribution >= 0.6 is 0 Å². The Morgan fingerprint density at radius 1 is 0.500 bits per heavy atom. The molecule has 3 rings (SSSR count). The van der Waals surface area contributed by atoms with Crippen LogP contribution < -0.4 is 0 Å². The number of cyclic esters (lactones) is 2. The summed E-state index contributed by atoms with van der Waals surface area (Å²) < 4.78 is 9.97. The molecule has 2 aromatic rings. The molecule has 0 fully saturated rings. The van der Waals surface area contributed by atoms with Crippen LogP contribution in [0.15, 0.2) is 48.5 Å². The predicted molar refractivity (Wildman–Crippen MR) is 84.3 cm³/mol. The molecule has 1 aliphatic heterocycles. The van der Waals surface area contributed by atoms with Gasteiger partial charge < -0.3 is 9.47 Å². The van der Waals surface area contributed by atoms with Gasteiger partial charge in [-0.3, -0.25) is 0 Å². The smallest absolute Gasteiger partial charge is 0.387 e. The molecular weight excluding hydrogens is 344 g/mol. The Morgan fingerprint density at radius 2 is 0.808 bits per heavy atom. The monoisotopic (exact) mass is 356 g/mol. The number of hydrogen-bond acceptors (Lipinski definition) is 8. The number of ether oxygens (including phenoxy) is 2. The summed E-state index contributed by atoms with van der Waals surface area (Å²) in [7, 11) is 0. The van der Waals surface area contributed by atoms with Gasteiger partial charge in [0, 0.05) is 0 Å². The third-order valence-electron chi connectivity index (χ3n) is 3.48. The van der Waals surface area contributed by atoms with Gasteiger partial charge in [-0.15, -0.1) is 0 Å². The third kappa shape index (κ3) is 3.54. The van der Waals surface area contributed by atoms with E-state index in [4.69, 9.17) is 9.47 Å². The molecule has 0 amide bonds. The first-order valence-electron chi connectivity index (χ1n) is 7.53. The van der Waals surface area contributed by atoms with Crippen molar-refractivity contribution in [3.63, 3.8) is 0 Å². The van der Waals surface area contributed by atoms with Crippen LogP contribution in [0, 0.1) is 0 Å². The van der Waals surface area contributed by atoms with Crippen molar-refractivity contribution >= 4 is 23.9 Å². The van der Waals surface area contributed by atoms with Crippen molar-refractivity contribution in [1.29, 1.82) is 0 Å². The van der Waals surface area contributed by atoms with Crippen molar-refractivity contribution in [3.05, 3.63) is 70.8 Å². The first-order valence-corrected chi connectivity index (χ1v) is 7.53. The van der Waals surface area contributed by atoms with Crippen molar-refractivity contribution in [2.75, 3.05) is 13.2 Å². The summed E-state index contributed by atoms with van der Waals surface area (Å²) >= 11 is 0. The van der Waals surface area contributed by atoms with E-state index >= 15 is 0 Å². The lowest BCUT2D eigenvalue weighted by molar-refractivity contribution is -0.187. The normalized spacial score (nSPS) is 15.4. The minimum absolute atomic E-state index is 0.0719. The number of carbonyl (C=O) groups is 4. The van der Waals surface area contributed by atoms with E-state index in [9.17, 15) is 19.2 Å². The molecule has 1 heterocycles. The van der Waals surface area contributed by atoms with E-state index < -0.39 is 23.9 Å². The summed E-state index contributed by atoms with van der Waals surface area (Å²) in [5, 5.41) is 0. The molecule has 0 unspecified atom stereocenters. The number of benzene rings is 2. The number of esters is 2. The van der Waals surface area contributed by atoms with Crippen molar-refractivity contribution in [3.8, 4) is 0 Å². The highest BCUT2D eigenvalue weighted by molar-refractivity contribution is 6.05. The first kappa shape index (κ1) is 17.2. The van der Waals surface area contributed by atoms with Gasteiger partial charge in [0.05, 0.1) is 22.3 Å². The Hall–Kier alpha value is -3.68. The lowest BCUT2D eigenvalue weighted by Gasteiger charge is -2.12. The van der Waals surface area contributed by atoms with Crippen molar-refractivity contribution in [2.24, 2.45) is 0 Å². The number of fused-ring (bicyclic) bond motifs is 2.